The third-order valence-corrected chi connectivity index (χ3v) is 5.57. The number of fused-ring (bicyclic) bond motifs is 2. The molecule has 0 fully saturated rings. The van der Waals surface area contributed by atoms with Gasteiger partial charge >= 0.3 is 0 Å². The van der Waals surface area contributed by atoms with E-state index in [4.69, 9.17) is 9.15 Å². The first-order chi connectivity index (χ1) is 15.9. The zero-order chi connectivity index (χ0) is 23.3. The Morgan fingerprint density at radius 2 is 1.97 bits per heavy atom. The molecule has 33 heavy (non-hydrogen) atoms. The van der Waals surface area contributed by atoms with Crippen molar-refractivity contribution in [2.24, 2.45) is 0 Å². The Kier molecular flexibility index (Phi) is 4.85. The van der Waals surface area contributed by atoms with Crippen LogP contribution >= 0.6 is 0 Å². The first kappa shape index (κ1) is 20.7. The number of rotatable bonds is 4. The summed E-state index contributed by atoms with van der Waals surface area (Å²) in [7, 11) is 0. The van der Waals surface area contributed by atoms with Gasteiger partial charge in [0.25, 0.3) is 5.91 Å². The van der Waals surface area contributed by atoms with Crippen LogP contribution in [0.3, 0.4) is 0 Å². The summed E-state index contributed by atoms with van der Waals surface area (Å²) in [5.74, 6) is -0.793. The molecule has 5 rings (SSSR count). The van der Waals surface area contributed by atoms with Crippen LogP contribution in [0.1, 0.15) is 40.2 Å². The highest BCUT2D eigenvalue weighted by atomic mass is 19.1. The average molecular weight is 446 g/mol. The van der Waals surface area contributed by atoms with Crippen LogP contribution in [0, 0.1) is 12.7 Å². The number of amides is 1. The summed E-state index contributed by atoms with van der Waals surface area (Å²) in [6.07, 6.45) is 1.62. The molecule has 0 spiro atoms. The van der Waals surface area contributed by atoms with Gasteiger partial charge in [0.05, 0.1) is 23.6 Å². The lowest BCUT2D eigenvalue weighted by Gasteiger charge is -2.24. The molecule has 0 saturated heterocycles. The Morgan fingerprint density at radius 3 is 2.70 bits per heavy atom. The van der Waals surface area contributed by atoms with Crippen LogP contribution in [0.2, 0.25) is 0 Å². The topological polar surface area (TPSA) is 92.9 Å². The van der Waals surface area contributed by atoms with E-state index in [0.717, 1.165) is 11.6 Å². The molecule has 0 saturated carbocycles. The molecule has 1 N–H and O–H groups in total. The lowest BCUT2D eigenvalue weighted by atomic mass is 9.98. The van der Waals surface area contributed by atoms with Gasteiger partial charge in [-0.2, -0.15) is 0 Å². The summed E-state index contributed by atoms with van der Waals surface area (Å²) in [6, 6.07) is 10.8. The van der Waals surface area contributed by atoms with Crippen LogP contribution in [0.25, 0.3) is 11.0 Å². The van der Waals surface area contributed by atoms with Gasteiger partial charge in [-0.3, -0.25) is 14.5 Å². The van der Waals surface area contributed by atoms with Crippen LogP contribution in [0.15, 0.2) is 63.9 Å². The van der Waals surface area contributed by atoms with Gasteiger partial charge in [-0.15, -0.1) is 0 Å². The summed E-state index contributed by atoms with van der Waals surface area (Å²) in [5.41, 5.74) is 1.09. The summed E-state index contributed by atoms with van der Waals surface area (Å²) < 4.78 is 25.2. The Morgan fingerprint density at radius 1 is 1.15 bits per heavy atom. The summed E-state index contributed by atoms with van der Waals surface area (Å²) in [4.78, 5) is 32.8. The highest BCUT2D eigenvalue weighted by Gasteiger charge is 2.44. The molecule has 1 aliphatic heterocycles. The normalized spacial score (nSPS) is 15.2. The molecule has 0 radical (unpaired) electrons. The largest absolute Gasteiger partial charge is 0.504 e. The number of benzene rings is 2. The van der Waals surface area contributed by atoms with Crippen LogP contribution in [-0.2, 0) is 0 Å². The van der Waals surface area contributed by atoms with Gasteiger partial charge in [-0.25, -0.2) is 9.37 Å². The van der Waals surface area contributed by atoms with Crippen molar-refractivity contribution in [3.05, 3.63) is 93.2 Å². The van der Waals surface area contributed by atoms with E-state index in [1.54, 1.807) is 37.4 Å². The van der Waals surface area contributed by atoms with E-state index in [0.29, 0.717) is 18.0 Å². The zero-order valence-electron chi connectivity index (χ0n) is 17.8. The van der Waals surface area contributed by atoms with E-state index in [9.17, 15) is 19.1 Å². The maximum Gasteiger partial charge on any atom is 0.296 e. The van der Waals surface area contributed by atoms with E-state index in [-0.39, 0.29) is 33.8 Å². The smallest absolute Gasteiger partial charge is 0.296 e. The predicted molar refractivity (Wildman–Crippen MR) is 119 cm³/mol. The Bertz CT molecular complexity index is 1460. The van der Waals surface area contributed by atoms with Crippen molar-refractivity contribution in [3.8, 4) is 11.5 Å². The van der Waals surface area contributed by atoms with Crippen molar-refractivity contribution in [3.63, 3.8) is 0 Å². The van der Waals surface area contributed by atoms with Crippen molar-refractivity contribution in [1.82, 2.24) is 4.98 Å². The second-order valence-corrected chi connectivity index (χ2v) is 7.75. The number of hydrogen-bond donors (Lipinski definition) is 1. The zero-order valence-corrected chi connectivity index (χ0v) is 17.8. The Balaban J connectivity index is 1.80. The molecule has 7 nitrogen and oxygen atoms in total. The molecule has 1 amide bonds. The molecule has 166 valence electrons. The molecule has 1 atom stereocenters. The van der Waals surface area contributed by atoms with E-state index in [2.05, 4.69) is 4.98 Å². The molecule has 0 bridgehead atoms. The monoisotopic (exact) mass is 446 g/mol. The SMILES string of the molecule is CCOc1cc(C2c3c(oc4ccc(F)cc4c3=O)C(=O)N2c2ccc(C)cn2)ccc1O. The first-order valence-electron chi connectivity index (χ1n) is 10.4. The fourth-order valence-corrected chi connectivity index (χ4v) is 4.07. The van der Waals surface area contributed by atoms with Gasteiger partial charge in [-0.1, -0.05) is 12.1 Å². The third kappa shape index (κ3) is 3.31. The van der Waals surface area contributed by atoms with E-state index in [1.165, 1.54) is 23.1 Å². The number of pyridine rings is 1. The van der Waals surface area contributed by atoms with Gasteiger partial charge < -0.3 is 14.3 Å². The number of carbonyl (C=O) groups excluding carboxylic acids is 1. The fraction of sp³-hybridized carbons (Fsp3) is 0.160. The minimum atomic E-state index is -0.911. The van der Waals surface area contributed by atoms with Gasteiger partial charge in [0.1, 0.15) is 17.2 Å². The molecule has 1 aliphatic rings. The van der Waals surface area contributed by atoms with Crippen LogP contribution in [0.4, 0.5) is 10.2 Å². The number of hydrogen-bond acceptors (Lipinski definition) is 6. The van der Waals surface area contributed by atoms with Gasteiger partial charge in [0.15, 0.2) is 16.9 Å². The number of phenolic OH excluding ortho intramolecular Hbond substituents is 1. The number of nitrogens with zero attached hydrogens (tertiary/aromatic N) is 2. The minimum Gasteiger partial charge on any atom is -0.504 e. The number of carbonyl (C=O) groups is 1. The molecule has 3 heterocycles. The first-order valence-corrected chi connectivity index (χ1v) is 10.4. The molecule has 0 aliphatic carbocycles. The fourth-order valence-electron chi connectivity index (χ4n) is 4.07. The summed E-state index contributed by atoms with van der Waals surface area (Å²) in [5, 5.41) is 10.2. The van der Waals surface area contributed by atoms with E-state index < -0.39 is 23.2 Å². The van der Waals surface area contributed by atoms with Crippen molar-refractivity contribution < 1.29 is 23.4 Å². The second-order valence-electron chi connectivity index (χ2n) is 7.75. The molecular weight excluding hydrogens is 427 g/mol. The van der Waals surface area contributed by atoms with Crippen molar-refractivity contribution in [1.29, 1.82) is 0 Å². The quantitative estimate of drug-likeness (QED) is 0.497. The van der Waals surface area contributed by atoms with E-state index >= 15 is 0 Å². The number of aromatic hydroxyl groups is 1. The third-order valence-electron chi connectivity index (χ3n) is 5.57. The molecule has 8 heteroatoms. The maximum atomic E-state index is 13.9. The lowest BCUT2D eigenvalue weighted by Crippen LogP contribution is -2.30. The van der Waals surface area contributed by atoms with Crippen LogP contribution in [0.5, 0.6) is 11.5 Å². The van der Waals surface area contributed by atoms with Crippen molar-refractivity contribution in [2.75, 3.05) is 11.5 Å². The second kappa shape index (κ2) is 7.74. The summed E-state index contributed by atoms with van der Waals surface area (Å²) in [6.45, 7) is 3.96. The van der Waals surface area contributed by atoms with Gasteiger partial charge in [-0.05, 0) is 61.4 Å². The highest BCUT2D eigenvalue weighted by Crippen LogP contribution is 2.42. The molecule has 4 aromatic rings. The standard InChI is InChI=1S/C25H19FN2O5/c1-3-32-19-10-14(5-7-17(19)29)22-21-23(30)16-11-15(26)6-8-18(16)33-24(21)25(31)28(22)20-9-4-13(2)12-27-20/h4-12,22,29H,3H2,1-2H3. The number of phenols is 1. The van der Waals surface area contributed by atoms with Gasteiger partial charge in [0.2, 0.25) is 5.76 Å². The molecular formula is C25H19FN2O5. The van der Waals surface area contributed by atoms with Crippen molar-refractivity contribution in [2.45, 2.75) is 19.9 Å². The van der Waals surface area contributed by atoms with Crippen molar-refractivity contribution >= 4 is 22.7 Å². The highest BCUT2D eigenvalue weighted by molar-refractivity contribution is 6.10. The van der Waals surface area contributed by atoms with E-state index in [1.807, 2.05) is 6.92 Å². The molecule has 2 aromatic carbocycles. The molecule has 1 unspecified atom stereocenters. The van der Waals surface area contributed by atoms with Crippen LogP contribution in [-0.4, -0.2) is 22.6 Å². The number of aromatic nitrogens is 1. The maximum absolute atomic E-state index is 13.9. The number of aryl methyl sites for hydroxylation is 1. The number of anilines is 1. The predicted octanol–water partition coefficient (Wildman–Crippen LogP) is 4.49. The lowest BCUT2D eigenvalue weighted by molar-refractivity contribution is 0.0970. The number of halogens is 1. The Labute approximate surface area is 187 Å². The average Bonchev–Trinajstić information content (AvgIpc) is 3.09. The number of ether oxygens (including phenoxy) is 1. The van der Waals surface area contributed by atoms with Gasteiger partial charge in [0, 0.05) is 6.20 Å². The Hall–Kier alpha value is -4.20. The molecule has 2 aromatic heterocycles. The summed E-state index contributed by atoms with van der Waals surface area (Å²) >= 11 is 0. The minimum absolute atomic E-state index is 0.0362. The van der Waals surface area contributed by atoms with Crippen LogP contribution < -0.4 is 15.1 Å².